The molecule has 1 heterocycles. The molecule has 0 N–H and O–H groups in total. The van der Waals surface area contributed by atoms with Crippen LogP contribution in [0.2, 0.25) is 0 Å². The van der Waals surface area contributed by atoms with E-state index in [4.69, 9.17) is 4.74 Å². The summed E-state index contributed by atoms with van der Waals surface area (Å²) in [6, 6.07) is 0. The third kappa shape index (κ3) is 6.37. The van der Waals surface area contributed by atoms with Crippen LogP contribution in [0, 0.1) is 10.1 Å². The van der Waals surface area contributed by atoms with Crippen LogP contribution in [0.25, 0.3) is 0 Å². The number of carbonyl (C=O) groups is 1. The molecular weight excluding hydrogens is 250 g/mol. The van der Waals surface area contributed by atoms with Gasteiger partial charge in [0.05, 0.1) is 0 Å². The lowest BCUT2D eigenvalue weighted by Gasteiger charge is -2.35. The van der Waals surface area contributed by atoms with Crippen LogP contribution in [0.15, 0.2) is 0 Å². The number of piperazine rings is 1. The molecule has 0 bridgehead atoms. The summed E-state index contributed by atoms with van der Waals surface area (Å²) in [5.74, 6) is 0. The van der Waals surface area contributed by atoms with Gasteiger partial charge in [-0.3, -0.25) is 15.0 Å². The highest BCUT2D eigenvalue weighted by atomic mass is 16.6. The Labute approximate surface area is 113 Å². The molecule has 1 aliphatic rings. The van der Waals surface area contributed by atoms with Crippen molar-refractivity contribution in [3.63, 3.8) is 0 Å². The second-order valence-corrected chi connectivity index (χ2v) is 5.72. The van der Waals surface area contributed by atoms with Crippen LogP contribution in [0.3, 0.4) is 0 Å². The molecule has 0 unspecified atom stereocenters. The standard InChI is InChI=1S/C12H23N3O4/c1-12(2,3)19-11(16)14-9-7-13(8-10-14)5-4-6-15(17)18/h4-10H2,1-3H3. The maximum absolute atomic E-state index is 11.8. The lowest BCUT2D eigenvalue weighted by atomic mass is 10.2. The molecule has 1 aliphatic heterocycles. The monoisotopic (exact) mass is 273 g/mol. The number of rotatable bonds is 4. The zero-order valence-corrected chi connectivity index (χ0v) is 11.9. The average molecular weight is 273 g/mol. The van der Waals surface area contributed by atoms with Gasteiger partial charge in [0, 0.05) is 44.1 Å². The van der Waals surface area contributed by atoms with Gasteiger partial charge < -0.3 is 9.64 Å². The van der Waals surface area contributed by atoms with Crippen molar-refractivity contribution in [1.82, 2.24) is 9.80 Å². The summed E-state index contributed by atoms with van der Waals surface area (Å²) in [7, 11) is 0. The molecule has 0 saturated carbocycles. The van der Waals surface area contributed by atoms with E-state index in [1.54, 1.807) is 4.90 Å². The van der Waals surface area contributed by atoms with Gasteiger partial charge in [-0.05, 0) is 20.8 Å². The molecule has 0 aliphatic carbocycles. The quantitative estimate of drug-likeness (QED) is 0.568. The highest BCUT2D eigenvalue weighted by Crippen LogP contribution is 2.11. The normalized spacial score (nSPS) is 17.3. The summed E-state index contributed by atoms with van der Waals surface area (Å²) in [5, 5.41) is 10.2. The van der Waals surface area contributed by atoms with E-state index in [1.165, 1.54) is 0 Å². The Morgan fingerprint density at radius 2 is 1.84 bits per heavy atom. The van der Waals surface area contributed by atoms with Crippen molar-refractivity contribution in [2.45, 2.75) is 32.8 Å². The summed E-state index contributed by atoms with van der Waals surface area (Å²) in [6.45, 7) is 8.99. The first kappa shape index (κ1) is 15.7. The van der Waals surface area contributed by atoms with Gasteiger partial charge in [-0.15, -0.1) is 0 Å². The lowest BCUT2D eigenvalue weighted by Crippen LogP contribution is -2.50. The molecule has 1 rings (SSSR count). The van der Waals surface area contributed by atoms with Crippen LogP contribution < -0.4 is 0 Å². The zero-order valence-electron chi connectivity index (χ0n) is 11.9. The van der Waals surface area contributed by atoms with E-state index in [0.29, 0.717) is 26.1 Å². The number of carbonyl (C=O) groups excluding carboxylic acids is 1. The van der Waals surface area contributed by atoms with Gasteiger partial charge in [-0.1, -0.05) is 0 Å². The van der Waals surface area contributed by atoms with E-state index in [2.05, 4.69) is 4.90 Å². The molecular formula is C12H23N3O4. The van der Waals surface area contributed by atoms with Gasteiger partial charge in [0.2, 0.25) is 6.54 Å². The van der Waals surface area contributed by atoms with Crippen LogP contribution in [0.4, 0.5) is 4.79 Å². The van der Waals surface area contributed by atoms with Gasteiger partial charge in [-0.25, -0.2) is 4.79 Å². The van der Waals surface area contributed by atoms with Gasteiger partial charge in [0.15, 0.2) is 0 Å². The second kappa shape index (κ2) is 6.70. The summed E-state index contributed by atoms with van der Waals surface area (Å²) in [4.78, 5) is 25.6. The van der Waals surface area contributed by atoms with Crippen LogP contribution in [-0.4, -0.2) is 65.7 Å². The molecule has 1 fully saturated rings. The van der Waals surface area contributed by atoms with Crippen LogP contribution in [0.5, 0.6) is 0 Å². The molecule has 0 aromatic heterocycles. The molecule has 7 heteroatoms. The predicted molar refractivity (Wildman–Crippen MR) is 70.7 cm³/mol. The Bertz CT molecular complexity index is 319. The van der Waals surface area contributed by atoms with E-state index >= 15 is 0 Å². The van der Waals surface area contributed by atoms with Crippen molar-refractivity contribution >= 4 is 6.09 Å². The van der Waals surface area contributed by atoms with E-state index < -0.39 is 5.60 Å². The molecule has 1 saturated heterocycles. The summed E-state index contributed by atoms with van der Waals surface area (Å²) in [6.07, 6.45) is 0.275. The molecule has 1 amide bonds. The number of hydrogen-bond donors (Lipinski definition) is 0. The number of nitrogens with zero attached hydrogens (tertiary/aromatic N) is 3. The van der Waals surface area contributed by atoms with E-state index in [1.807, 2.05) is 20.8 Å². The fraction of sp³-hybridized carbons (Fsp3) is 0.917. The number of amides is 1. The minimum absolute atomic E-state index is 0.00623. The zero-order chi connectivity index (χ0) is 14.5. The molecule has 0 spiro atoms. The second-order valence-electron chi connectivity index (χ2n) is 5.72. The third-order valence-electron chi connectivity index (χ3n) is 2.84. The van der Waals surface area contributed by atoms with Crippen molar-refractivity contribution in [2.75, 3.05) is 39.3 Å². The summed E-state index contributed by atoms with van der Waals surface area (Å²) < 4.78 is 5.30. The first-order chi connectivity index (χ1) is 8.78. The smallest absolute Gasteiger partial charge is 0.410 e. The maximum atomic E-state index is 11.8. The highest BCUT2D eigenvalue weighted by Gasteiger charge is 2.25. The van der Waals surface area contributed by atoms with Crippen molar-refractivity contribution in [1.29, 1.82) is 0 Å². The first-order valence-electron chi connectivity index (χ1n) is 6.60. The fourth-order valence-corrected chi connectivity index (χ4v) is 1.90. The molecule has 0 aromatic rings. The Morgan fingerprint density at radius 3 is 2.32 bits per heavy atom. The van der Waals surface area contributed by atoms with Crippen molar-refractivity contribution < 1.29 is 14.5 Å². The summed E-state index contributed by atoms with van der Waals surface area (Å²) in [5.41, 5.74) is -0.472. The van der Waals surface area contributed by atoms with Crippen LogP contribution in [0.1, 0.15) is 27.2 Å². The molecule has 110 valence electrons. The topological polar surface area (TPSA) is 75.9 Å². The Hall–Kier alpha value is -1.37. The van der Waals surface area contributed by atoms with E-state index in [0.717, 1.165) is 13.1 Å². The molecule has 0 aromatic carbocycles. The van der Waals surface area contributed by atoms with Gasteiger partial charge in [-0.2, -0.15) is 0 Å². The molecule has 7 nitrogen and oxygen atoms in total. The SMILES string of the molecule is CC(C)(C)OC(=O)N1CCN(CCC[N+](=O)[O-])CC1. The van der Waals surface area contributed by atoms with Gasteiger partial charge >= 0.3 is 6.09 Å². The molecule has 19 heavy (non-hydrogen) atoms. The minimum Gasteiger partial charge on any atom is -0.444 e. The van der Waals surface area contributed by atoms with Crippen molar-refractivity contribution in [3.05, 3.63) is 10.1 Å². The predicted octanol–water partition coefficient (Wildman–Crippen LogP) is 1.21. The van der Waals surface area contributed by atoms with E-state index in [-0.39, 0.29) is 17.6 Å². The Morgan fingerprint density at radius 1 is 1.26 bits per heavy atom. The van der Waals surface area contributed by atoms with Gasteiger partial charge in [0.1, 0.15) is 5.60 Å². The lowest BCUT2D eigenvalue weighted by molar-refractivity contribution is -0.480. The average Bonchev–Trinajstić information content (AvgIpc) is 2.27. The molecule has 0 atom stereocenters. The molecule has 0 radical (unpaired) electrons. The van der Waals surface area contributed by atoms with Crippen molar-refractivity contribution in [3.8, 4) is 0 Å². The van der Waals surface area contributed by atoms with Gasteiger partial charge in [0.25, 0.3) is 0 Å². The van der Waals surface area contributed by atoms with Crippen molar-refractivity contribution in [2.24, 2.45) is 0 Å². The van der Waals surface area contributed by atoms with Crippen LogP contribution in [-0.2, 0) is 4.74 Å². The van der Waals surface area contributed by atoms with Crippen LogP contribution >= 0.6 is 0 Å². The highest BCUT2D eigenvalue weighted by molar-refractivity contribution is 5.68. The fourth-order valence-electron chi connectivity index (χ4n) is 1.90. The first-order valence-corrected chi connectivity index (χ1v) is 6.60. The number of hydrogen-bond acceptors (Lipinski definition) is 5. The largest absolute Gasteiger partial charge is 0.444 e. The Kier molecular flexibility index (Phi) is 5.53. The number of nitro groups is 1. The Balaban J connectivity index is 2.25. The van der Waals surface area contributed by atoms with E-state index in [9.17, 15) is 14.9 Å². The third-order valence-corrected chi connectivity index (χ3v) is 2.84. The number of ether oxygens (including phenoxy) is 1. The summed E-state index contributed by atoms with van der Waals surface area (Å²) >= 11 is 0. The maximum Gasteiger partial charge on any atom is 0.410 e. The minimum atomic E-state index is -0.472.